The van der Waals surface area contributed by atoms with Crippen molar-refractivity contribution >= 4 is 23.2 Å². The summed E-state index contributed by atoms with van der Waals surface area (Å²) in [6, 6.07) is 21.6. The van der Waals surface area contributed by atoms with Crippen molar-refractivity contribution in [2.24, 2.45) is 0 Å². The molecule has 0 N–H and O–H groups in total. The number of nitrogens with zero attached hydrogens (tertiary/aromatic N) is 2. The Balaban J connectivity index is 1.64. The van der Waals surface area contributed by atoms with Gasteiger partial charge in [-0.05, 0) is 55.3 Å². The van der Waals surface area contributed by atoms with Crippen molar-refractivity contribution in [3.63, 3.8) is 0 Å². The van der Waals surface area contributed by atoms with Crippen LogP contribution in [0.15, 0.2) is 72.1 Å². The summed E-state index contributed by atoms with van der Waals surface area (Å²) in [5.41, 5.74) is 1.75. The van der Waals surface area contributed by atoms with Gasteiger partial charge in [-0.15, -0.1) is 11.3 Å². The van der Waals surface area contributed by atoms with Gasteiger partial charge in [0.15, 0.2) is 0 Å². The van der Waals surface area contributed by atoms with E-state index >= 15 is 0 Å². The van der Waals surface area contributed by atoms with Crippen LogP contribution in [0.4, 0.5) is 0 Å². The van der Waals surface area contributed by atoms with Crippen LogP contribution in [-0.2, 0) is 17.6 Å². The van der Waals surface area contributed by atoms with Crippen molar-refractivity contribution in [1.29, 1.82) is 0 Å². The molecule has 1 aromatic heterocycles. The van der Waals surface area contributed by atoms with Crippen LogP contribution >= 0.6 is 11.3 Å². The Morgan fingerprint density at radius 2 is 1.76 bits per heavy atom. The van der Waals surface area contributed by atoms with Crippen molar-refractivity contribution in [2.45, 2.75) is 38.6 Å². The van der Waals surface area contributed by atoms with Crippen molar-refractivity contribution in [3.8, 4) is 5.75 Å². The van der Waals surface area contributed by atoms with Crippen LogP contribution in [-0.4, -0.2) is 53.9 Å². The number of benzene rings is 2. The number of carbonyl (C=O) groups excluding carboxylic acids is 2. The summed E-state index contributed by atoms with van der Waals surface area (Å²) < 4.78 is 6.29. The molecule has 178 valence electrons. The fourth-order valence-electron chi connectivity index (χ4n) is 4.43. The molecule has 6 heteroatoms. The maximum atomic E-state index is 13.5. The largest absolute Gasteiger partial charge is 0.491 e. The van der Waals surface area contributed by atoms with Gasteiger partial charge in [0, 0.05) is 24.5 Å². The lowest BCUT2D eigenvalue weighted by Crippen LogP contribution is -2.46. The molecule has 2 amide bonds. The number of hydrogen-bond donors (Lipinski definition) is 0. The first-order valence-electron chi connectivity index (χ1n) is 12.0. The minimum atomic E-state index is -0.125. The zero-order valence-electron chi connectivity index (χ0n) is 19.7. The fourth-order valence-corrected chi connectivity index (χ4v) is 5.13. The highest BCUT2D eigenvalue weighted by atomic mass is 32.1. The van der Waals surface area contributed by atoms with Gasteiger partial charge in [-0.1, -0.05) is 48.5 Å². The lowest BCUT2D eigenvalue weighted by atomic mass is 10.0. The Hall–Kier alpha value is -3.12. The lowest BCUT2D eigenvalue weighted by Gasteiger charge is -2.33. The van der Waals surface area contributed by atoms with E-state index in [0.29, 0.717) is 50.4 Å². The van der Waals surface area contributed by atoms with Gasteiger partial charge >= 0.3 is 0 Å². The third-order valence-corrected chi connectivity index (χ3v) is 7.15. The summed E-state index contributed by atoms with van der Waals surface area (Å²) in [5, 5.41) is 2.01. The molecule has 0 spiro atoms. The monoisotopic (exact) mass is 476 g/mol. The Labute approximate surface area is 206 Å². The second-order valence-corrected chi connectivity index (χ2v) is 9.62. The molecule has 2 aromatic carbocycles. The van der Waals surface area contributed by atoms with Crippen molar-refractivity contribution in [2.75, 3.05) is 26.2 Å². The fraction of sp³-hybridized carbons (Fsp3) is 0.357. The predicted molar refractivity (Wildman–Crippen MR) is 136 cm³/mol. The molecule has 1 aliphatic heterocycles. The van der Waals surface area contributed by atoms with E-state index in [0.717, 1.165) is 17.7 Å². The molecular weight excluding hydrogens is 444 g/mol. The van der Waals surface area contributed by atoms with E-state index in [2.05, 4.69) is 12.1 Å². The van der Waals surface area contributed by atoms with Crippen LogP contribution in [0.3, 0.4) is 0 Å². The number of thiophene rings is 1. The molecule has 3 aromatic rings. The summed E-state index contributed by atoms with van der Waals surface area (Å²) in [5.74, 6) is 0.708. The molecule has 2 heterocycles. The molecule has 0 aliphatic carbocycles. The minimum absolute atomic E-state index is 0.00362. The molecule has 1 aliphatic rings. The predicted octanol–water partition coefficient (Wildman–Crippen LogP) is 5.07. The molecule has 0 radical (unpaired) electrons. The first-order chi connectivity index (χ1) is 16.7. The number of carbonyl (C=O) groups is 2. The van der Waals surface area contributed by atoms with Crippen LogP contribution in [0.1, 0.15) is 40.6 Å². The zero-order chi connectivity index (χ0) is 23.8. The second kappa shape index (κ2) is 11.8. The first-order valence-corrected chi connectivity index (χ1v) is 12.9. The van der Waals surface area contributed by atoms with Gasteiger partial charge in [-0.25, -0.2) is 0 Å². The molecule has 5 nitrogen and oxygen atoms in total. The highest BCUT2D eigenvalue weighted by Gasteiger charge is 2.27. The average Bonchev–Trinajstić information content (AvgIpc) is 3.37. The van der Waals surface area contributed by atoms with Crippen molar-refractivity contribution in [3.05, 3.63) is 88.1 Å². The van der Waals surface area contributed by atoms with Crippen LogP contribution in [0.25, 0.3) is 0 Å². The summed E-state index contributed by atoms with van der Waals surface area (Å²) >= 11 is 1.61. The summed E-state index contributed by atoms with van der Waals surface area (Å²) in [7, 11) is 0. The normalized spacial score (nSPS) is 17.3. The molecule has 34 heavy (non-hydrogen) atoms. The Bertz CT molecular complexity index is 1070. The first kappa shape index (κ1) is 24.0. The van der Waals surface area contributed by atoms with Crippen molar-refractivity contribution in [1.82, 2.24) is 9.80 Å². The Morgan fingerprint density at radius 1 is 1.00 bits per heavy atom. The van der Waals surface area contributed by atoms with Gasteiger partial charge in [0.25, 0.3) is 5.91 Å². The van der Waals surface area contributed by atoms with Crippen LogP contribution in [0.2, 0.25) is 0 Å². The number of amides is 2. The molecule has 0 bridgehead atoms. The van der Waals surface area contributed by atoms with Gasteiger partial charge in [0.1, 0.15) is 12.4 Å². The Kier molecular flexibility index (Phi) is 8.36. The maximum absolute atomic E-state index is 13.5. The van der Waals surface area contributed by atoms with E-state index in [9.17, 15) is 9.59 Å². The number of para-hydroxylation sites is 1. The molecule has 0 unspecified atom stereocenters. The van der Waals surface area contributed by atoms with Crippen LogP contribution < -0.4 is 4.74 Å². The number of fused-ring (bicyclic) bond motifs is 1. The SMILES string of the molecule is CCN1CCCCN(C(=O)Cc2cccs2)[C@H](Cc2ccccc2)COc2ccccc2C1=O. The smallest absolute Gasteiger partial charge is 0.257 e. The topological polar surface area (TPSA) is 49.9 Å². The van der Waals surface area contributed by atoms with Gasteiger partial charge in [0.05, 0.1) is 18.0 Å². The van der Waals surface area contributed by atoms with E-state index in [4.69, 9.17) is 4.74 Å². The molecule has 0 fully saturated rings. The quantitative estimate of drug-likeness (QED) is 0.517. The van der Waals surface area contributed by atoms with E-state index in [-0.39, 0.29) is 17.9 Å². The van der Waals surface area contributed by atoms with Gasteiger partial charge in [-0.3, -0.25) is 9.59 Å². The van der Waals surface area contributed by atoms with E-state index in [1.165, 1.54) is 5.56 Å². The van der Waals surface area contributed by atoms with Gasteiger partial charge in [-0.2, -0.15) is 0 Å². The van der Waals surface area contributed by atoms with Crippen molar-refractivity contribution < 1.29 is 14.3 Å². The zero-order valence-corrected chi connectivity index (χ0v) is 20.5. The standard InChI is InChI=1S/C28H32N2O3S/c1-2-29-16-8-9-17-30(27(31)20-24-13-10-18-34-24)23(19-22-11-4-3-5-12-22)21-33-26-15-7-6-14-25(26)28(29)32/h3-7,10-15,18,23H,2,8-9,16-17,19-21H2,1H3/t23-/m1/s1. The highest BCUT2D eigenvalue weighted by Crippen LogP contribution is 2.23. The minimum Gasteiger partial charge on any atom is -0.491 e. The third-order valence-electron chi connectivity index (χ3n) is 6.28. The van der Waals surface area contributed by atoms with Gasteiger partial charge in [0.2, 0.25) is 5.91 Å². The summed E-state index contributed by atoms with van der Waals surface area (Å²) in [6.07, 6.45) is 2.80. The summed E-state index contributed by atoms with van der Waals surface area (Å²) in [6.45, 7) is 4.30. The highest BCUT2D eigenvalue weighted by molar-refractivity contribution is 7.10. The molecule has 0 saturated heterocycles. The lowest BCUT2D eigenvalue weighted by molar-refractivity contribution is -0.133. The maximum Gasteiger partial charge on any atom is 0.257 e. The number of hydrogen-bond acceptors (Lipinski definition) is 4. The van der Waals surface area contributed by atoms with E-state index in [1.807, 2.05) is 76.7 Å². The molecule has 1 atom stereocenters. The van der Waals surface area contributed by atoms with Crippen LogP contribution in [0.5, 0.6) is 5.75 Å². The molecule has 4 rings (SSSR count). The third kappa shape index (κ3) is 6.06. The number of rotatable bonds is 5. The molecule has 0 saturated carbocycles. The summed E-state index contributed by atoms with van der Waals surface area (Å²) in [4.78, 5) is 31.6. The number of ether oxygens (including phenoxy) is 1. The Morgan fingerprint density at radius 3 is 2.53 bits per heavy atom. The van der Waals surface area contributed by atoms with Gasteiger partial charge < -0.3 is 14.5 Å². The van der Waals surface area contributed by atoms with Crippen LogP contribution in [0, 0.1) is 0 Å². The second-order valence-electron chi connectivity index (χ2n) is 8.59. The van der Waals surface area contributed by atoms with E-state index < -0.39 is 0 Å². The van der Waals surface area contributed by atoms with E-state index in [1.54, 1.807) is 11.3 Å². The molecular formula is C28H32N2O3S. The average molecular weight is 477 g/mol.